The fourth-order valence-corrected chi connectivity index (χ4v) is 1.60. The molecular formula is C9H19NO6. The predicted octanol–water partition coefficient (Wildman–Crippen LogP) is -2.89. The lowest BCUT2D eigenvalue weighted by Gasteiger charge is -2.45. The second-order valence-corrected chi connectivity index (χ2v) is 3.89. The first-order valence-electron chi connectivity index (χ1n) is 5.26. The second-order valence-electron chi connectivity index (χ2n) is 3.89. The van der Waals surface area contributed by atoms with Crippen LogP contribution in [-0.2, 0) is 4.74 Å². The molecule has 0 saturated carbocycles. The van der Waals surface area contributed by atoms with Crippen molar-refractivity contribution in [3.63, 3.8) is 0 Å². The van der Waals surface area contributed by atoms with Crippen molar-refractivity contribution in [1.82, 2.24) is 5.32 Å². The molecule has 0 unspecified atom stereocenters. The molecule has 1 aliphatic rings. The molecule has 0 aromatic carbocycles. The van der Waals surface area contributed by atoms with Gasteiger partial charge in [0, 0.05) is 0 Å². The van der Waals surface area contributed by atoms with E-state index in [0.717, 1.165) is 0 Å². The zero-order chi connectivity index (χ0) is 12.3. The number of aliphatic hydroxyl groups excluding tert-OH is 4. The van der Waals surface area contributed by atoms with Crippen LogP contribution in [0.3, 0.4) is 0 Å². The molecule has 0 radical (unpaired) electrons. The molecule has 1 aliphatic heterocycles. The molecule has 0 amide bonds. The van der Waals surface area contributed by atoms with Gasteiger partial charge in [-0.25, -0.2) is 0 Å². The van der Waals surface area contributed by atoms with E-state index in [0.29, 0.717) is 13.0 Å². The second kappa shape index (κ2) is 5.37. The smallest absolute Gasteiger partial charge is 0.255 e. The summed E-state index contributed by atoms with van der Waals surface area (Å²) in [5, 5.41) is 49.8. The predicted molar refractivity (Wildman–Crippen MR) is 53.2 cm³/mol. The van der Waals surface area contributed by atoms with E-state index >= 15 is 0 Å². The molecule has 96 valence electrons. The third-order valence-electron chi connectivity index (χ3n) is 2.59. The summed E-state index contributed by atoms with van der Waals surface area (Å²) in [6.45, 7) is 1.63. The Hall–Kier alpha value is -0.280. The first-order valence-corrected chi connectivity index (χ1v) is 5.26. The number of rotatable bonds is 4. The molecule has 0 bridgehead atoms. The van der Waals surface area contributed by atoms with Crippen LogP contribution in [0.4, 0.5) is 0 Å². The van der Waals surface area contributed by atoms with E-state index in [1.54, 1.807) is 0 Å². The Kier molecular flexibility index (Phi) is 4.62. The van der Waals surface area contributed by atoms with Gasteiger partial charge in [0.25, 0.3) is 5.91 Å². The van der Waals surface area contributed by atoms with Crippen molar-refractivity contribution in [2.45, 2.75) is 43.7 Å². The van der Waals surface area contributed by atoms with Crippen molar-refractivity contribution in [1.29, 1.82) is 0 Å². The molecule has 6 N–H and O–H groups in total. The Bertz CT molecular complexity index is 226. The maximum atomic E-state index is 9.90. The Balaban J connectivity index is 2.76. The summed E-state index contributed by atoms with van der Waals surface area (Å²) in [7, 11) is 0. The third kappa shape index (κ3) is 2.51. The van der Waals surface area contributed by atoms with E-state index < -0.39 is 36.9 Å². The van der Waals surface area contributed by atoms with Gasteiger partial charge >= 0.3 is 0 Å². The van der Waals surface area contributed by atoms with Crippen LogP contribution in [0.2, 0.25) is 0 Å². The molecule has 1 heterocycles. The first kappa shape index (κ1) is 13.8. The first-order chi connectivity index (χ1) is 7.46. The topological polar surface area (TPSA) is 122 Å². The van der Waals surface area contributed by atoms with Gasteiger partial charge in [0.1, 0.15) is 18.3 Å². The van der Waals surface area contributed by atoms with E-state index in [1.165, 1.54) is 0 Å². The summed E-state index contributed by atoms with van der Waals surface area (Å²) < 4.78 is 4.95. The number of hydrogen-bond donors (Lipinski definition) is 6. The van der Waals surface area contributed by atoms with Crippen LogP contribution in [0.1, 0.15) is 13.3 Å². The summed E-state index contributed by atoms with van der Waals surface area (Å²) in [6, 6.07) is 0. The van der Waals surface area contributed by atoms with E-state index in [9.17, 15) is 20.4 Å². The van der Waals surface area contributed by atoms with Crippen LogP contribution < -0.4 is 5.32 Å². The fourth-order valence-electron chi connectivity index (χ4n) is 1.60. The molecule has 0 spiro atoms. The van der Waals surface area contributed by atoms with Gasteiger partial charge in [-0.05, 0) is 13.0 Å². The molecule has 0 aromatic rings. The number of aliphatic hydroxyl groups is 5. The lowest BCUT2D eigenvalue weighted by molar-refractivity contribution is -0.361. The molecular weight excluding hydrogens is 218 g/mol. The van der Waals surface area contributed by atoms with Crippen LogP contribution in [0.15, 0.2) is 0 Å². The standard InChI is InChI=1S/C9H19NO6/c1-2-3-10-9(15)8(14)7(13)6(12)5(4-11)16-9/h5-8,10-15H,2-4H2,1H3/t5-,6-,7+,8-,9+/m1/s1. The highest BCUT2D eigenvalue weighted by Gasteiger charge is 2.52. The van der Waals surface area contributed by atoms with Gasteiger partial charge in [-0.15, -0.1) is 0 Å². The van der Waals surface area contributed by atoms with Gasteiger partial charge < -0.3 is 30.3 Å². The van der Waals surface area contributed by atoms with Gasteiger partial charge in [-0.1, -0.05) is 6.92 Å². The van der Waals surface area contributed by atoms with Gasteiger partial charge in [0.2, 0.25) is 0 Å². The van der Waals surface area contributed by atoms with Crippen molar-refractivity contribution < 1.29 is 30.3 Å². The molecule has 7 nitrogen and oxygen atoms in total. The molecule has 1 saturated heterocycles. The van der Waals surface area contributed by atoms with Crippen molar-refractivity contribution >= 4 is 0 Å². The fraction of sp³-hybridized carbons (Fsp3) is 1.00. The summed E-state index contributed by atoms with van der Waals surface area (Å²) >= 11 is 0. The Morgan fingerprint density at radius 2 is 1.88 bits per heavy atom. The molecule has 1 fully saturated rings. The number of nitrogens with one attached hydrogen (secondary N) is 1. The highest BCUT2D eigenvalue weighted by molar-refractivity contribution is 4.94. The molecule has 5 atom stereocenters. The molecule has 0 aromatic heterocycles. The summed E-state index contributed by atoms with van der Waals surface area (Å²) in [6.07, 6.45) is -5.17. The van der Waals surface area contributed by atoms with Crippen molar-refractivity contribution in [2.75, 3.05) is 13.2 Å². The minimum absolute atomic E-state index is 0.356. The van der Waals surface area contributed by atoms with Crippen LogP contribution in [0, 0.1) is 0 Å². The monoisotopic (exact) mass is 237 g/mol. The van der Waals surface area contributed by atoms with Crippen LogP contribution >= 0.6 is 0 Å². The summed E-state index contributed by atoms with van der Waals surface area (Å²) in [5.41, 5.74) is 0. The van der Waals surface area contributed by atoms with E-state index in [-0.39, 0.29) is 0 Å². The molecule has 16 heavy (non-hydrogen) atoms. The Morgan fingerprint density at radius 1 is 1.25 bits per heavy atom. The van der Waals surface area contributed by atoms with Crippen LogP contribution in [-0.4, -0.2) is 69.0 Å². The molecule has 7 heteroatoms. The minimum atomic E-state index is -2.15. The van der Waals surface area contributed by atoms with Crippen molar-refractivity contribution in [2.24, 2.45) is 0 Å². The molecule has 0 aliphatic carbocycles. The SMILES string of the molecule is CCCN[C@@]1(O)O[C@H](CO)[C@@H](O)[C@H](O)[C@H]1O. The Labute approximate surface area is 93.3 Å². The van der Waals surface area contributed by atoms with E-state index in [2.05, 4.69) is 5.32 Å². The lowest BCUT2D eigenvalue weighted by Crippen LogP contribution is -2.70. The largest absolute Gasteiger partial charge is 0.394 e. The maximum absolute atomic E-state index is 9.90. The average molecular weight is 237 g/mol. The zero-order valence-corrected chi connectivity index (χ0v) is 9.08. The zero-order valence-electron chi connectivity index (χ0n) is 9.08. The normalized spacial score (nSPS) is 44.6. The van der Waals surface area contributed by atoms with Gasteiger partial charge in [0.05, 0.1) is 6.61 Å². The van der Waals surface area contributed by atoms with Gasteiger partial charge in [-0.2, -0.15) is 0 Å². The summed E-state index contributed by atoms with van der Waals surface area (Å²) in [5.74, 6) is -2.15. The van der Waals surface area contributed by atoms with Crippen molar-refractivity contribution in [3.8, 4) is 0 Å². The van der Waals surface area contributed by atoms with Crippen molar-refractivity contribution in [3.05, 3.63) is 0 Å². The summed E-state index contributed by atoms with van der Waals surface area (Å²) in [4.78, 5) is 0. The third-order valence-corrected chi connectivity index (χ3v) is 2.59. The van der Waals surface area contributed by atoms with Gasteiger partial charge in [0.15, 0.2) is 6.10 Å². The van der Waals surface area contributed by atoms with Gasteiger partial charge in [-0.3, -0.25) is 5.32 Å². The number of hydrogen-bond acceptors (Lipinski definition) is 7. The minimum Gasteiger partial charge on any atom is -0.394 e. The van der Waals surface area contributed by atoms with Crippen LogP contribution in [0.5, 0.6) is 0 Å². The van der Waals surface area contributed by atoms with E-state index in [4.69, 9.17) is 9.84 Å². The average Bonchev–Trinajstić information content (AvgIpc) is 2.29. The highest BCUT2D eigenvalue weighted by Crippen LogP contribution is 2.26. The molecule has 1 rings (SSSR count). The highest BCUT2D eigenvalue weighted by atomic mass is 16.7. The van der Waals surface area contributed by atoms with E-state index in [1.807, 2.05) is 6.92 Å². The maximum Gasteiger partial charge on any atom is 0.255 e. The number of ether oxygens (including phenoxy) is 1. The quantitative estimate of drug-likeness (QED) is 0.290. The Morgan fingerprint density at radius 3 is 2.38 bits per heavy atom. The lowest BCUT2D eigenvalue weighted by atomic mass is 9.96. The van der Waals surface area contributed by atoms with Crippen LogP contribution in [0.25, 0.3) is 0 Å².